The maximum Gasteiger partial charge on any atom is 0.251 e. The number of nitrogens with one attached hydrogen (secondary N) is 1. The molecular weight excluding hydrogens is 434 g/mol. The van der Waals surface area contributed by atoms with Crippen LogP contribution in [-0.2, 0) is 10.0 Å². The van der Waals surface area contributed by atoms with Crippen LogP contribution in [0.3, 0.4) is 0 Å². The summed E-state index contributed by atoms with van der Waals surface area (Å²) in [6, 6.07) is 11.5. The lowest BCUT2D eigenvalue weighted by Crippen LogP contribution is -2.30. The second-order valence-electron chi connectivity index (χ2n) is 7.43. The predicted molar refractivity (Wildman–Crippen MR) is 121 cm³/mol. The molecule has 1 aliphatic heterocycles. The number of hydrogen-bond acceptors (Lipinski definition) is 6. The molecule has 164 valence electrons. The number of fused-ring (bicyclic) bond motifs is 1. The van der Waals surface area contributed by atoms with Crippen molar-refractivity contribution in [1.82, 2.24) is 24.2 Å². The van der Waals surface area contributed by atoms with Gasteiger partial charge in [0, 0.05) is 24.8 Å². The average Bonchev–Trinajstić information content (AvgIpc) is 3.47. The molecule has 2 aromatic heterocycles. The van der Waals surface area contributed by atoms with Crippen LogP contribution >= 0.6 is 11.8 Å². The van der Waals surface area contributed by atoms with E-state index in [1.807, 2.05) is 35.1 Å². The van der Waals surface area contributed by atoms with Gasteiger partial charge in [-0.05, 0) is 67.7 Å². The minimum absolute atomic E-state index is 0.216. The molecule has 1 atom stereocenters. The summed E-state index contributed by atoms with van der Waals surface area (Å²) in [5.74, 6) is 1.25. The van der Waals surface area contributed by atoms with Crippen LogP contribution in [0.2, 0.25) is 0 Å². The molecule has 0 bridgehead atoms. The summed E-state index contributed by atoms with van der Waals surface area (Å²) in [7, 11) is -3.50. The van der Waals surface area contributed by atoms with Gasteiger partial charge in [-0.15, -0.1) is 10.2 Å². The SMILES string of the molecule is CSCCC(NC(=O)c1ccc(S(=O)(=O)N2CCCC2)cc1)c1nnc2ccccn12. The molecule has 4 rings (SSSR count). The molecule has 0 aliphatic carbocycles. The number of benzene rings is 1. The molecule has 8 nitrogen and oxygen atoms in total. The van der Waals surface area contributed by atoms with E-state index in [9.17, 15) is 13.2 Å². The molecule has 0 radical (unpaired) electrons. The Morgan fingerprint density at radius 1 is 1.13 bits per heavy atom. The van der Waals surface area contributed by atoms with Gasteiger partial charge in [0.05, 0.1) is 10.9 Å². The van der Waals surface area contributed by atoms with Crippen LogP contribution in [0.5, 0.6) is 0 Å². The lowest BCUT2D eigenvalue weighted by Gasteiger charge is -2.18. The normalized spacial score (nSPS) is 15.9. The van der Waals surface area contributed by atoms with Crippen molar-refractivity contribution in [2.24, 2.45) is 0 Å². The number of thioether (sulfide) groups is 1. The summed E-state index contributed by atoms with van der Waals surface area (Å²) in [6.07, 6.45) is 6.36. The van der Waals surface area contributed by atoms with Crippen LogP contribution in [0.15, 0.2) is 53.6 Å². The van der Waals surface area contributed by atoms with Crippen molar-refractivity contribution in [3.8, 4) is 0 Å². The zero-order chi connectivity index (χ0) is 21.8. The second kappa shape index (κ2) is 9.37. The van der Waals surface area contributed by atoms with Gasteiger partial charge in [-0.3, -0.25) is 9.20 Å². The summed E-state index contributed by atoms with van der Waals surface area (Å²) in [6.45, 7) is 1.10. The Morgan fingerprint density at radius 2 is 1.87 bits per heavy atom. The van der Waals surface area contributed by atoms with Crippen LogP contribution in [0.25, 0.3) is 5.65 Å². The van der Waals surface area contributed by atoms with E-state index in [0.717, 1.165) is 24.2 Å². The Bertz CT molecular complexity index is 1160. The fourth-order valence-electron chi connectivity index (χ4n) is 3.70. The van der Waals surface area contributed by atoms with Crippen LogP contribution in [0.1, 0.15) is 41.5 Å². The lowest BCUT2D eigenvalue weighted by atomic mass is 10.1. The third-order valence-corrected chi connectivity index (χ3v) is 7.94. The van der Waals surface area contributed by atoms with Crippen molar-refractivity contribution in [3.05, 3.63) is 60.0 Å². The lowest BCUT2D eigenvalue weighted by molar-refractivity contribution is 0.0933. The molecule has 1 aromatic carbocycles. The van der Waals surface area contributed by atoms with E-state index < -0.39 is 10.0 Å². The number of carbonyl (C=O) groups is 1. The van der Waals surface area contributed by atoms with Crippen molar-refractivity contribution in [1.29, 1.82) is 0 Å². The van der Waals surface area contributed by atoms with Gasteiger partial charge in [0.15, 0.2) is 11.5 Å². The van der Waals surface area contributed by atoms with Gasteiger partial charge >= 0.3 is 0 Å². The zero-order valence-electron chi connectivity index (χ0n) is 17.3. The van der Waals surface area contributed by atoms with Crippen LogP contribution < -0.4 is 5.32 Å². The van der Waals surface area contributed by atoms with E-state index >= 15 is 0 Å². The van der Waals surface area contributed by atoms with E-state index in [0.29, 0.717) is 30.9 Å². The molecule has 1 amide bonds. The minimum Gasteiger partial charge on any atom is -0.342 e. The molecule has 1 fully saturated rings. The molecule has 1 aliphatic rings. The van der Waals surface area contributed by atoms with E-state index in [2.05, 4.69) is 15.5 Å². The highest BCUT2D eigenvalue weighted by Crippen LogP contribution is 2.22. The first-order valence-electron chi connectivity index (χ1n) is 10.2. The van der Waals surface area contributed by atoms with Crippen molar-refractivity contribution in [3.63, 3.8) is 0 Å². The van der Waals surface area contributed by atoms with Crippen molar-refractivity contribution >= 4 is 33.3 Å². The van der Waals surface area contributed by atoms with E-state index in [4.69, 9.17) is 0 Å². The summed E-state index contributed by atoms with van der Waals surface area (Å²) in [5.41, 5.74) is 1.13. The van der Waals surface area contributed by atoms with Crippen molar-refractivity contribution < 1.29 is 13.2 Å². The van der Waals surface area contributed by atoms with Crippen LogP contribution in [0, 0.1) is 0 Å². The smallest absolute Gasteiger partial charge is 0.251 e. The largest absolute Gasteiger partial charge is 0.342 e. The quantitative estimate of drug-likeness (QED) is 0.556. The first-order valence-corrected chi connectivity index (χ1v) is 13.0. The van der Waals surface area contributed by atoms with Gasteiger partial charge < -0.3 is 5.32 Å². The van der Waals surface area contributed by atoms with Crippen molar-refractivity contribution in [2.45, 2.75) is 30.2 Å². The number of carbonyl (C=O) groups excluding carboxylic acids is 1. The predicted octanol–water partition coefficient (Wildman–Crippen LogP) is 2.74. The molecule has 3 heterocycles. The number of pyridine rings is 1. The number of rotatable bonds is 8. The van der Waals surface area contributed by atoms with Gasteiger partial charge in [-0.25, -0.2) is 8.42 Å². The molecule has 0 saturated carbocycles. The molecular formula is C21H25N5O3S2. The molecule has 0 spiro atoms. The number of nitrogens with zero attached hydrogens (tertiary/aromatic N) is 4. The standard InChI is InChI=1S/C21H25N5O3S2/c1-30-15-11-18(20-24-23-19-6-2-3-14-26(19)20)22-21(27)16-7-9-17(10-8-16)31(28,29)25-12-4-5-13-25/h2-3,6-10,14,18H,4-5,11-13,15H2,1H3,(H,22,27). The third-order valence-electron chi connectivity index (χ3n) is 5.39. The van der Waals surface area contributed by atoms with E-state index in [1.54, 1.807) is 23.9 Å². The minimum atomic E-state index is -3.50. The van der Waals surface area contributed by atoms with E-state index in [1.165, 1.54) is 16.4 Å². The highest BCUT2D eigenvalue weighted by Gasteiger charge is 2.27. The fraction of sp³-hybridized carbons (Fsp3) is 0.381. The Hall–Kier alpha value is -2.43. The maximum absolute atomic E-state index is 12.9. The fourth-order valence-corrected chi connectivity index (χ4v) is 5.68. The van der Waals surface area contributed by atoms with Crippen LogP contribution in [0.4, 0.5) is 0 Å². The molecule has 31 heavy (non-hydrogen) atoms. The van der Waals surface area contributed by atoms with Gasteiger partial charge in [-0.2, -0.15) is 16.1 Å². The van der Waals surface area contributed by atoms with Crippen molar-refractivity contribution in [2.75, 3.05) is 25.1 Å². The number of amides is 1. The summed E-state index contributed by atoms with van der Waals surface area (Å²) >= 11 is 1.69. The first-order chi connectivity index (χ1) is 15.0. The van der Waals surface area contributed by atoms with Gasteiger partial charge in [-0.1, -0.05) is 6.07 Å². The zero-order valence-corrected chi connectivity index (χ0v) is 18.9. The average molecular weight is 460 g/mol. The molecule has 1 unspecified atom stereocenters. The number of aromatic nitrogens is 3. The Labute approximate surface area is 186 Å². The monoisotopic (exact) mass is 459 g/mol. The molecule has 1 saturated heterocycles. The van der Waals surface area contributed by atoms with Crippen LogP contribution in [-0.4, -0.2) is 58.3 Å². The topological polar surface area (TPSA) is 96.7 Å². The highest BCUT2D eigenvalue weighted by molar-refractivity contribution is 7.98. The Balaban J connectivity index is 1.53. The molecule has 1 N–H and O–H groups in total. The van der Waals surface area contributed by atoms with Gasteiger partial charge in [0.1, 0.15) is 0 Å². The number of hydrogen-bond donors (Lipinski definition) is 1. The highest BCUT2D eigenvalue weighted by atomic mass is 32.2. The summed E-state index contributed by atoms with van der Waals surface area (Å²) < 4.78 is 28.8. The summed E-state index contributed by atoms with van der Waals surface area (Å²) in [5, 5.41) is 11.5. The Morgan fingerprint density at radius 3 is 2.58 bits per heavy atom. The Kier molecular flexibility index (Phi) is 6.59. The van der Waals surface area contributed by atoms with E-state index in [-0.39, 0.29) is 16.8 Å². The molecule has 3 aromatic rings. The first kappa shape index (κ1) is 21.8. The summed E-state index contributed by atoms with van der Waals surface area (Å²) in [4.78, 5) is 13.1. The third kappa shape index (κ3) is 4.60. The van der Waals surface area contributed by atoms with Gasteiger partial charge in [0.2, 0.25) is 10.0 Å². The van der Waals surface area contributed by atoms with Gasteiger partial charge in [0.25, 0.3) is 5.91 Å². The molecule has 10 heteroatoms. The second-order valence-corrected chi connectivity index (χ2v) is 10.4. The number of sulfonamides is 1. The maximum atomic E-state index is 12.9.